The Morgan fingerprint density at radius 1 is 1.00 bits per heavy atom. The van der Waals surface area contributed by atoms with Gasteiger partial charge in [0, 0.05) is 26.3 Å². The molecule has 2 aromatic rings. The van der Waals surface area contributed by atoms with Crippen LogP contribution >= 0.6 is 0 Å². The van der Waals surface area contributed by atoms with E-state index in [-0.39, 0.29) is 5.91 Å². The molecule has 4 nitrogen and oxygen atoms in total. The Morgan fingerprint density at radius 3 is 2.17 bits per heavy atom. The van der Waals surface area contributed by atoms with Crippen LogP contribution < -0.4 is 4.74 Å². The Kier molecular flexibility index (Phi) is 6.18. The molecule has 2 aromatic carbocycles. The maximum atomic E-state index is 12.5. The number of hydrogen-bond acceptors (Lipinski definition) is 3. The van der Waals surface area contributed by atoms with Crippen LogP contribution in [0.2, 0.25) is 0 Å². The highest BCUT2D eigenvalue weighted by Crippen LogP contribution is 2.15. The van der Waals surface area contributed by atoms with Crippen LogP contribution in [0.15, 0.2) is 48.5 Å². The summed E-state index contributed by atoms with van der Waals surface area (Å²) in [6.07, 6.45) is 0. The van der Waals surface area contributed by atoms with Crippen LogP contribution in [0.4, 0.5) is 0 Å². The number of carbonyl (C=O) groups excluding carboxylic acids is 1. The highest BCUT2D eigenvalue weighted by atomic mass is 16.5. The van der Waals surface area contributed by atoms with Gasteiger partial charge < -0.3 is 14.4 Å². The summed E-state index contributed by atoms with van der Waals surface area (Å²) in [5.41, 5.74) is 2.80. The van der Waals surface area contributed by atoms with Crippen LogP contribution in [-0.4, -0.2) is 31.6 Å². The molecule has 23 heavy (non-hydrogen) atoms. The van der Waals surface area contributed by atoms with Crippen molar-refractivity contribution < 1.29 is 14.3 Å². The molecule has 0 radical (unpaired) electrons. The van der Waals surface area contributed by atoms with Crippen LogP contribution in [0.1, 0.15) is 28.4 Å². The standard InChI is InChI=1S/C19H23NO3/c1-4-23-18-11-7-15(8-12-18)13-20(2)19(21)17-9-5-16(6-10-17)14-22-3/h5-12H,4,13-14H2,1-3H3. The number of rotatable bonds is 7. The van der Waals surface area contributed by atoms with E-state index in [9.17, 15) is 4.79 Å². The number of amides is 1. The minimum Gasteiger partial charge on any atom is -0.494 e. The molecule has 0 saturated heterocycles. The maximum Gasteiger partial charge on any atom is 0.253 e. The fourth-order valence-electron chi connectivity index (χ4n) is 2.33. The Labute approximate surface area is 137 Å². The van der Waals surface area contributed by atoms with E-state index in [1.165, 1.54) is 0 Å². The summed E-state index contributed by atoms with van der Waals surface area (Å²) in [4.78, 5) is 14.2. The zero-order chi connectivity index (χ0) is 16.7. The van der Waals surface area contributed by atoms with Crippen LogP contribution in [-0.2, 0) is 17.9 Å². The number of nitrogens with zero attached hydrogens (tertiary/aromatic N) is 1. The molecule has 0 heterocycles. The number of hydrogen-bond donors (Lipinski definition) is 0. The largest absolute Gasteiger partial charge is 0.494 e. The molecule has 1 amide bonds. The lowest BCUT2D eigenvalue weighted by Gasteiger charge is -2.18. The summed E-state index contributed by atoms with van der Waals surface area (Å²) in [5.74, 6) is 0.849. The van der Waals surface area contributed by atoms with Crippen molar-refractivity contribution in [2.24, 2.45) is 0 Å². The smallest absolute Gasteiger partial charge is 0.253 e. The summed E-state index contributed by atoms with van der Waals surface area (Å²) in [5, 5.41) is 0. The molecule has 2 rings (SSSR count). The van der Waals surface area contributed by atoms with Gasteiger partial charge in [-0.15, -0.1) is 0 Å². The molecule has 0 N–H and O–H groups in total. The van der Waals surface area contributed by atoms with E-state index in [1.54, 1.807) is 12.0 Å². The normalized spacial score (nSPS) is 10.4. The monoisotopic (exact) mass is 313 g/mol. The summed E-state index contributed by atoms with van der Waals surface area (Å²) >= 11 is 0. The lowest BCUT2D eigenvalue weighted by atomic mass is 10.1. The van der Waals surface area contributed by atoms with Gasteiger partial charge in [0.15, 0.2) is 0 Å². The zero-order valence-corrected chi connectivity index (χ0v) is 13.9. The van der Waals surface area contributed by atoms with E-state index in [1.807, 2.05) is 62.5 Å². The second-order valence-corrected chi connectivity index (χ2v) is 5.37. The summed E-state index contributed by atoms with van der Waals surface area (Å²) in [6, 6.07) is 15.3. The second-order valence-electron chi connectivity index (χ2n) is 5.37. The summed E-state index contributed by atoms with van der Waals surface area (Å²) in [6.45, 7) is 3.72. The Bertz CT molecular complexity index is 620. The van der Waals surface area contributed by atoms with Gasteiger partial charge in [0.05, 0.1) is 13.2 Å². The first-order valence-corrected chi connectivity index (χ1v) is 7.69. The third-order valence-electron chi connectivity index (χ3n) is 3.51. The van der Waals surface area contributed by atoms with Gasteiger partial charge in [-0.25, -0.2) is 0 Å². The number of benzene rings is 2. The van der Waals surface area contributed by atoms with Crippen LogP contribution in [0.3, 0.4) is 0 Å². The molecule has 122 valence electrons. The van der Waals surface area contributed by atoms with Crippen molar-refractivity contribution in [3.63, 3.8) is 0 Å². The molecular formula is C19H23NO3. The first-order chi connectivity index (χ1) is 11.1. The van der Waals surface area contributed by atoms with E-state index in [0.717, 1.165) is 16.9 Å². The van der Waals surface area contributed by atoms with Gasteiger partial charge in [-0.3, -0.25) is 4.79 Å². The van der Waals surface area contributed by atoms with Crippen molar-refractivity contribution >= 4 is 5.91 Å². The molecule has 0 saturated carbocycles. The average molecular weight is 313 g/mol. The molecule has 0 fully saturated rings. The molecule has 0 aromatic heterocycles. The molecule has 0 atom stereocenters. The van der Waals surface area contributed by atoms with Crippen molar-refractivity contribution in [3.8, 4) is 5.75 Å². The maximum absolute atomic E-state index is 12.5. The van der Waals surface area contributed by atoms with Gasteiger partial charge in [-0.05, 0) is 42.3 Å². The van der Waals surface area contributed by atoms with Gasteiger partial charge in [0.2, 0.25) is 0 Å². The average Bonchev–Trinajstić information content (AvgIpc) is 2.57. The lowest BCUT2D eigenvalue weighted by molar-refractivity contribution is 0.0785. The first kappa shape index (κ1) is 17.0. The zero-order valence-electron chi connectivity index (χ0n) is 13.9. The van der Waals surface area contributed by atoms with Crippen LogP contribution in [0.5, 0.6) is 5.75 Å². The van der Waals surface area contributed by atoms with E-state index in [2.05, 4.69) is 0 Å². The minimum absolute atomic E-state index is 0.00264. The lowest BCUT2D eigenvalue weighted by Crippen LogP contribution is -2.26. The van der Waals surface area contributed by atoms with Crippen LogP contribution in [0, 0.1) is 0 Å². The van der Waals surface area contributed by atoms with Gasteiger partial charge in [-0.2, -0.15) is 0 Å². The fourth-order valence-corrected chi connectivity index (χ4v) is 2.33. The topological polar surface area (TPSA) is 38.8 Å². The Morgan fingerprint density at radius 2 is 1.61 bits per heavy atom. The van der Waals surface area contributed by atoms with E-state index < -0.39 is 0 Å². The van der Waals surface area contributed by atoms with Gasteiger partial charge in [0.25, 0.3) is 5.91 Å². The summed E-state index contributed by atoms with van der Waals surface area (Å²) in [7, 11) is 3.46. The van der Waals surface area contributed by atoms with Crippen LogP contribution in [0.25, 0.3) is 0 Å². The third-order valence-corrected chi connectivity index (χ3v) is 3.51. The third kappa shape index (κ3) is 4.83. The van der Waals surface area contributed by atoms with Crippen molar-refractivity contribution in [2.75, 3.05) is 20.8 Å². The molecule has 0 aliphatic heterocycles. The second kappa shape index (κ2) is 8.34. The van der Waals surface area contributed by atoms with Crippen molar-refractivity contribution in [3.05, 3.63) is 65.2 Å². The predicted molar refractivity (Wildman–Crippen MR) is 90.6 cm³/mol. The molecule has 0 spiro atoms. The van der Waals surface area contributed by atoms with Crippen molar-refractivity contribution in [1.82, 2.24) is 4.90 Å². The van der Waals surface area contributed by atoms with E-state index >= 15 is 0 Å². The number of carbonyl (C=O) groups is 1. The SMILES string of the molecule is CCOc1ccc(CN(C)C(=O)c2ccc(COC)cc2)cc1. The van der Waals surface area contributed by atoms with Crippen molar-refractivity contribution in [2.45, 2.75) is 20.1 Å². The summed E-state index contributed by atoms with van der Waals surface area (Å²) < 4.78 is 10.5. The van der Waals surface area contributed by atoms with Gasteiger partial charge >= 0.3 is 0 Å². The molecular weight excluding hydrogens is 290 g/mol. The highest BCUT2D eigenvalue weighted by Gasteiger charge is 2.12. The van der Waals surface area contributed by atoms with E-state index in [0.29, 0.717) is 25.3 Å². The molecule has 4 heteroatoms. The highest BCUT2D eigenvalue weighted by molar-refractivity contribution is 5.94. The first-order valence-electron chi connectivity index (χ1n) is 7.69. The molecule has 0 aliphatic rings. The molecule has 0 unspecified atom stereocenters. The number of ether oxygens (including phenoxy) is 2. The van der Waals surface area contributed by atoms with Crippen molar-refractivity contribution in [1.29, 1.82) is 0 Å². The Balaban J connectivity index is 1.98. The Hall–Kier alpha value is -2.33. The van der Waals surface area contributed by atoms with Gasteiger partial charge in [-0.1, -0.05) is 24.3 Å². The fraction of sp³-hybridized carbons (Fsp3) is 0.316. The molecule has 0 bridgehead atoms. The quantitative estimate of drug-likeness (QED) is 0.785. The minimum atomic E-state index is 0.00264. The molecule has 0 aliphatic carbocycles. The van der Waals surface area contributed by atoms with Gasteiger partial charge in [0.1, 0.15) is 5.75 Å². The van der Waals surface area contributed by atoms with E-state index in [4.69, 9.17) is 9.47 Å². The predicted octanol–water partition coefficient (Wildman–Crippen LogP) is 3.50. The number of methoxy groups -OCH3 is 1.